The number of hydrogen-bond acceptors (Lipinski definition) is 4. The number of fused-ring (bicyclic) bond motifs is 1. The van der Waals surface area contributed by atoms with E-state index in [1.165, 1.54) is 11.3 Å². The average molecular weight is 323 g/mol. The number of aromatic nitrogens is 1. The molecule has 20 heavy (non-hydrogen) atoms. The lowest BCUT2D eigenvalue weighted by Gasteiger charge is -1.98. The first kappa shape index (κ1) is 13.5. The molecule has 0 saturated carbocycles. The maximum atomic E-state index is 11.9. The van der Waals surface area contributed by atoms with E-state index in [0.29, 0.717) is 16.6 Å². The summed E-state index contributed by atoms with van der Waals surface area (Å²) in [6.07, 6.45) is 0.382. The molecule has 6 heteroatoms. The number of carbonyl (C=O) groups excluding carboxylic acids is 1. The van der Waals surface area contributed by atoms with Gasteiger partial charge in [-0.3, -0.25) is 4.79 Å². The number of carbonyl (C=O) groups is 1. The number of rotatable bonds is 3. The van der Waals surface area contributed by atoms with Crippen LogP contribution in [0.1, 0.15) is 10.4 Å². The van der Waals surface area contributed by atoms with Gasteiger partial charge in [0.1, 0.15) is 0 Å². The van der Waals surface area contributed by atoms with Crippen LogP contribution in [0.15, 0.2) is 29.6 Å². The van der Waals surface area contributed by atoms with Crippen LogP contribution >= 0.6 is 34.3 Å². The van der Waals surface area contributed by atoms with Crippen molar-refractivity contribution in [3.8, 4) is 0 Å². The normalized spacial score (nSPS) is 10.9. The number of hydrogen-bond donors (Lipinski definition) is 1. The van der Waals surface area contributed by atoms with Crippen LogP contribution in [0.2, 0.25) is 5.02 Å². The van der Waals surface area contributed by atoms with Crippen molar-refractivity contribution in [1.82, 2.24) is 4.98 Å². The van der Waals surface area contributed by atoms with E-state index in [2.05, 4.69) is 10.3 Å². The van der Waals surface area contributed by atoms with E-state index in [0.717, 1.165) is 20.7 Å². The number of amides is 1. The fourth-order valence-corrected chi connectivity index (χ4v) is 3.98. The lowest BCUT2D eigenvalue weighted by Crippen LogP contribution is -2.13. The van der Waals surface area contributed by atoms with Crippen molar-refractivity contribution >= 4 is 55.5 Å². The molecule has 2 heterocycles. The van der Waals surface area contributed by atoms with Crippen molar-refractivity contribution in [3.05, 3.63) is 45.1 Å². The number of nitrogens with one attached hydrogen (secondary N) is 1. The first-order chi connectivity index (χ1) is 9.61. The molecule has 0 aliphatic carbocycles. The molecule has 0 saturated heterocycles. The minimum Gasteiger partial charge on any atom is -0.302 e. The molecule has 3 aromatic rings. The van der Waals surface area contributed by atoms with Gasteiger partial charge in [-0.25, -0.2) is 4.98 Å². The number of benzene rings is 1. The molecule has 0 atom stereocenters. The van der Waals surface area contributed by atoms with Crippen molar-refractivity contribution in [3.63, 3.8) is 0 Å². The Morgan fingerprint density at radius 3 is 3.05 bits per heavy atom. The fourth-order valence-electron chi connectivity index (χ4n) is 1.94. The van der Waals surface area contributed by atoms with E-state index < -0.39 is 0 Å². The molecule has 0 aliphatic rings. The van der Waals surface area contributed by atoms with Gasteiger partial charge in [0, 0.05) is 9.90 Å². The summed E-state index contributed by atoms with van der Waals surface area (Å²) < 4.78 is 0.987. The monoisotopic (exact) mass is 322 g/mol. The summed E-state index contributed by atoms with van der Waals surface area (Å²) in [5, 5.41) is 6.12. The molecule has 0 spiro atoms. The van der Waals surface area contributed by atoms with Gasteiger partial charge in [0.15, 0.2) is 5.13 Å². The van der Waals surface area contributed by atoms with Crippen LogP contribution in [-0.2, 0) is 11.2 Å². The zero-order valence-electron chi connectivity index (χ0n) is 10.6. The van der Waals surface area contributed by atoms with Crippen molar-refractivity contribution in [2.75, 3.05) is 5.32 Å². The van der Waals surface area contributed by atoms with Crippen LogP contribution in [0.4, 0.5) is 5.13 Å². The molecule has 102 valence electrons. The summed E-state index contributed by atoms with van der Waals surface area (Å²) in [6, 6.07) is 7.64. The molecule has 0 radical (unpaired) electrons. The largest absolute Gasteiger partial charge is 0.302 e. The highest BCUT2D eigenvalue weighted by molar-refractivity contribution is 7.22. The van der Waals surface area contributed by atoms with Gasteiger partial charge in [0.25, 0.3) is 0 Å². The van der Waals surface area contributed by atoms with E-state index in [1.54, 1.807) is 11.3 Å². The quantitative estimate of drug-likeness (QED) is 0.771. The molecule has 2 aromatic heterocycles. The first-order valence-corrected chi connectivity index (χ1v) is 8.08. The summed E-state index contributed by atoms with van der Waals surface area (Å²) >= 11 is 9.05. The highest BCUT2D eigenvalue weighted by Crippen LogP contribution is 2.31. The smallest absolute Gasteiger partial charge is 0.231 e. The van der Waals surface area contributed by atoms with Crippen LogP contribution < -0.4 is 5.32 Å². The summed E-state index contributed by atoms with van der Waals surface area (Å²) in [6.45, 7) is 1.96. The zero-order valence-corrected chi connectivity index (χ0v) is 13.0. The lowest BCUT2D eigenvalue weighted by molar-refractivity contribution is -0.115. The van der Waals surface area contributed by atoms with Crippen molar-refractivity contribution < 1.29 is 4.79 Å². The Morgan fingerprint density at radius 2 is 2.30 bits per heavy atom. The Labute approximate surface area is 129 Å². The van der Waals surface area contributed by atoms with Gasteiger partial charge in [-0.1, -0.05) is 29.0 Å². The minimum absolute atomic E-state index is 0.0461. The van der Waals surface area contributed by atoms with Crippen LogP contribution in [0.25, 0.3) is 10.2 Å². The number of aryl methyl sites for hydroxylation is 1. The zero-order chi connectivity index (χ0) is 14.1. The van der Waals surface area contributed by atoms with E-state index >= 15 is 0 Å². The number of thiazole rings is 1. The van der Waals surface area contributed by atoms with Crippen molar-refractivity contribution in [2.24, 2.45) is 0 Å². The summed E-state index contributed by atoms with van der Waals surface area (Å²) in [4.78, 5) is 17.4. The van der Waals surface area contributed by atoms with Crippen molar-refractivity contribution in [1.29, 1.82) is 0 Å². The van der Waals surface area contributed by atoms with E-state index in [-0.39, 0.29) is 5.91 Å². The fraction of sp³-hybridized carbons (Fsp3) is 0.143. The average Bonchev–Trinajstić information content (AvgIpc) is 2.98. The van der Waals surface area contributed by atoms with Gasteiger partial charge >= 0.3 is 0 Å². The third-order valence-corrected chi connectivity index (χ3v) is 4.82. The summed E-state index contributed by atoms with van der Waals surface area (Å²) in [5.41, 5.74) is 1.91. The predicted octanol–water partition coefficient (Wildman–Crippen LogP) is 4.50. The van der Waals surface area contributed by atoms with Crippen molar-refractivity contribution in [2.45, 2.75) is 13.3 Å². The Morgan fingerprint density at radius 1 is 1.45 bits per heavy atom. The van der Waals surface area contributed by atoms with Gasteiger partial charge in [0.05, 0.1) is 16.6 Å². The maximum absolute atomic E-state index is 11.9. The second kappa shape index (κ2) is 5.52. The van der Waals surface area contributed by atoms with Gasteiger partial charge < -0.3 is 5.32 Å². The molecular weight excluding hydrogens is 312 g/mol. The van der Waals surface area contributed by atoms with Gasteiger partial charge in [0.2, 0.25) is 5.91 Å². The third-order valence-electron chi connectivity index (χ3n) is 2.81. The minimum atomic E-state index is -0.0461. The summed E-state index contributed by atoms with van der Waals surface area (Å²) in [7, 11) is 0. The Bertz CT molecular complexity index is 765. The molecule has 0 bridgehead atoms. The highest BCUT2D eigenvalue weighted by atomic mass is 35.5. The van der Waals surface area contributed by atoms with E-state index in [4.69, 9.17) is 11.6 Å². The number of nitrogens with zero attached hydrogens (tertiary/aromatic N) is 1. The predicted molar refractivity (Wildman–Crippen MR) is 86.0 cm³/mol. The highest BCUT2D eigenvalue weighted by Gasteiger charge is 2.11. The van der Waals surface area contributed by atoms with Crippen LogP contribution in [0, 0.1) is 6.92 Å². The van der Waals surface area contributed by atoms with E-state index in [9.17, 15) is 4.79 Å². The van der Waals surface area contributed by atoms with Gasteiger partial charge in [-0.2, -0.15) is 0 Å². The molecule has 3 rings (SSSR count). The third kappa shape index (κ3) is 2.85. The SMILES string of the molecule is Cc1cc(Cl)cc2sc(NC(=O)Cc3cccs3)nc12. The molecule has 1 amide bonds. The molecule has 0 aliphatic heterocycles. The Balaban J connectivity index is 1.81. The van der Waals surface area contributed by atoms with Crippen LogP contribution in [0.3, 0.4) is 0 Å². The van der Waals surface area contributed by atoms with E-state index in [1.807, 2.05) is 36.6 Å². The van der Waals surface area contributed by atoms with Crippen LogP contribution in [0.5, 0.6) is 0 Å². The van der Waals surface area contributed by atoms with Gasteiger partial charge in [-0.05, 0) is 36.1 Å². The standard InChI is InChI=1S/C14H11ClN2OS2/c1-8-5-9(15)6-11-13(8)17-14(20-11)16-12(18)7-10-3-2-4-19-10/h2-6H,7H2,1H3,(H,16,17,18). The number of anilines is 1. The number of thiophene rings is 1. The Hall–Kier alpha value is -1.43. The Kier molecular flexibility index (Phi) is 3.74. The lowest BCUT2D eigenvalue weighted by atomic mass is 10.2. The molecular formula is C14H11ClN2OS2. The van der Waals surface area contributed by atoms with Crippen LogP contribution in [-0.4, -0.2) is 10.9 Å². The maximum Gasteiger partial charge on any atom is 0.231 e. The molecule has 1 aromatic carbocycles. The second-order valence-electron chi connectivity index (χ2n) is 4.39. The first-order valence-electron chi connectivity index (χ1n) is 6.01. The topological polar surface area (TPSA) is 42.0 Å². The molecule has 0 fully saturated rings. The molecule has 0 unspecified atom stereocenters. The molecule has 3 nitrogen and oxygen atoms in total. The second-order valence-corrected chi connectivity index (χ2v) is 6.89. The van der Waals surface area contributed by atoms with Gasteiger partial charge in [-0.15, -0.1) is 11.3 Å². The molecule has 1 N–H and O–H groups in total. The number of halogens is 1. The summed E-state index contributed by atoms with van der Waals surface area (Å²) in [5.74, 6) is -0.0461.